The summed E-state index contributed by atoms with van der Waals surface area (Å²) in [5.74, 6) is -0.817. The van der Waals surface area contributed by atoms with Crippen LogP contribution in [0.1, 0.15) is 33.1 Å². The zero-order valence-corrected chi connectivity index (χ0v) is 15.0. The SMILES string of the molecule is COC(=O)N[C@@H](CC(C)C)C(=O)N[C@@H](C[C@@H]1CCNC1=O)C(=O)S. The normalized spacial score (nSPS) is 19.4. The van der Waals surface area contributed by atoms with Crippen LogP contribution in [0, 0.1) is 11.8 Å². The van der Waals surface area contributed by atoms with Crippen molar-refractivity contribution in [2.45, 2.75) is 45.2 Å². The molecule has 1 heterocycles. The second-order valence-corrected chi connectivity index (χ2v) is 6.67. The lowest BCUT2D eigenvalue weighted by Crippen LogP contribution is -2.52. The molecule has 0 aromatic heterocycles. The van der Waals surface area contributed by atoms with Crippen LogP contribution in [0.25, 0.3) is 0 Å². The van der Waals surface area contributed by atoms with Gasteiger partial charge < -0.3 is 20.7 Å². The van der Waals surface area contributed by atoms with Crippen LogP contribution >= 0.6 is 12.6 Å². The molecule has 1 rings (SSSR count). The minimum atomic E-state index is -0.885. The van der Waals surface area contributed by atoms with Crippen molar-refractivity contribution < 1.29 is 23.9 Å². The van der Waals surface area contributed by atoms with Gasteiger partial charge in [0.2, 0.25) is 16.9 Å². The van der Waals surface area contributed by atoms with E-state index in [4.69, 9.17) is 0 Å². The van der Waals surface area contributed by atoms with Crippen molar-refractivity contribution in [3.05, 3.63) is 0 Å². The van der Waals surface area contributed by atoms with Gasteiger partial charge in [0.1, 0.15) is 6.04 Å². The molecule has 1 aliphatic heterocycles. The number of ether oxygens (including phenoxy) is 1. The van der Waals surface area contributed by atoms with Gasteiger partial charge in [0.05, 0.1) is 13.2 Å². The average Bonchev–Trinajstić information content (AvgIpc) is 2.90. The van der Waals surface area contributed by atoms with Gasteiger partial charge in [-0.3, -0.25) is 14.4 Å². The Hall–Kier alpha value is -1.77. The lowest BCUT2D eigenvalue weighted by atomic mass is 9.98. The number of thiol groups is 1. The van der Waals surface area contributed by atoms with Crippen molar-refractivity contribution in [2.75, 3.05) is 13.7 Å². The van der Waals surface area contributed by atoms with Gasteiger partial charge in [-0.1, -0.05) is 13.8 Å². The van der Waals surface area contributed by atoms with Gasteiger partial charge >= 0.3 is 6.09 Å². The van der Waals surface area contributed by atoms with E-state index in [0.717, 1.165) is 0 Å². The second-order valence-electron chi connectivity index (χ2n) is 6.23. The predicted octanol–water partition coefficient (Wildman–Crippen LogP) is 0.225. The molecular formula is C15H25N3O5S. The van der Waals surface area contributed by atoms with E-state index >= 15 is 0 Å². The van der Waals surface area contributed by atoms with Crippen molar-refractivity contribution in [1.82, 2.24) is 16.0 Å². The Morgan fingerprint density at radius 1 is 1.29 bits per heavy atom. The fraction of sp³-hybridized carbons (Fsp3) is 0.733. The number of carbonyl (C=O) groups excluding carboxylic acids is 4. The highest BCUT2D eigenvalue weighted by atomic mass is 32.1. The first-order valence-electron chi connectivity index (χ1n) is 7.90. The Morgan fingerprint density at radius 3 is 2.42 bits per heavy atom. The van der Waals surface area contributed by atoms with Crippen LogP contribution in [-0.4, -0.2) is 48.8 Å². The molecule has 0 bridgehead atoms. The highest BCUT2D eigenvalue weighted by Crippen LogP contribution is 2.17. The zero-order chi connectivity index (χ0) is 18.3. The summed E-state index contributed by atoms with van der Waals surface area (Å²) < 4.78 is 4.52. The Balaban J connectivity index is 2.73. The van der Waals surface area contributed by atoms with Crippen LogP contribution in [0.2, 0.25) is 0 Å². The number of rotatable bonds is 8. The van der Waals surface area contributed by atoms with Crippen LogP contribution in [0.15, 0.2) is 0 Å². The summed E-state index contributed by atoms with van der Waals surface area (Å²) in [7, 11) is 1.21. The third-order valence-corrected chi connectivity index (χ3v) is 4.11. The van der Waals surface area contributed by atoms with E-state index in [0.29, 0.717) is 19.4 Å². The van der Waals surface area contributed by atoms with Gasteiger partial charge in [0, 0.05) is 12.5 Å². The summed E-state index contributed by atoms with van der Waals surface area (Å²) in [4.78, 5) is 47.2. The molecule has 0 radical (unpaired) electrons. The first-order valence-corrected chi connectivity index (χ1v) is 8.34. The standard InChI is InChI=1S/C15H25N3O5S/c1-8(2)6-10(18-15(22)23-3)13(20)17-11(14(21)24)7-9-4-5-16-12(9)19/h8-11H,4-7H2,1-3H3,(H,16,19)(H,17,20)(H,18,22)(H,21,24)/t9-,10-,11-/m0/s1. The summed E-state index contributed by atoms with van der Waals surface area (Å²) in [5, 5.41) is 7.20. The maximum Gasteiger partial charge on any atom is 0.407 e. The van der Waals surface area contributed by atoms with Gasteiger partial charge in [0.15, 0.2) is 0 Å². The lowest BCUT2D eigenvalue weighted by molar-refractivity contribution is -0.128. The second kappa shape index (κ2) is 9.51. The largest absolute Gasteiger partial charge is 0.453 e. The molecule has 24 heavy (non-hydrogen) atoms. The highest BCUT2D eigenvalue weighted by molar-refractivity contribution is 7.96. The van der Waals surface area contributed by atoms with Gasteiger partial charge in [-0.15, -0.1) is 12.6 Å². The van der Waals surface area contributed by atoms with Crippen molar-refractivity contribution in [2.24, 2.45) is 11.8 Å². The topological polar surface area (TPSA) is 114 Å². The maximum atomic E-state index is 12.4. The minimum Gasteiger partial charge on any atom is -0.453 e. The van der Waals surface area contributed by atoms with E-state index in [9.17, 15) is 19.2 Å². The van der Waals surface area contributed by atoms with Gasteiger partial charge in [-0.05, 0) is 25.2 Å². The van der Waals surface area contributed by atoms with Crippen LogP contribution < -0.4 is 16.0 Å². The number of hydrogen-bond donors (Lipinski definition) is 4. The Labute approximate surface area is 146 Å². The Kier molecular flexibility index (Phi) is 8.03. The number of carbonyl (C=O) groups is 4. The third-order valence-electron chi connectivity index (χ3n) is 3.80. The number of hydrogen-bond acceptors (Lipinski definition) is 5. The Bertz CT molecular complexity index is 498. The van der Waals surface area contributed by atoms with E-state index in [1.54, 1.807) is 0 Å². The maximum absolute atomic E-state index is 12.4. The number of amides is 3. The predicted molar refractivity (Wildman–Crippen MR) is 90.4 cm³/mol. The van der Waals surface area contributed by atoms with E-state index in [1.807, 2.05) is 13.8 Å². The fourth-order valence-corrected chi connectivity index (χ4v) is 2.72. The van der Waals surface area contributed by atoms with Gasteiger partial charge in [-0.25, -0.2) is 4.79 Å². The quantitative estimate of drug-likeness (QED) is 0.463. The van der Waals surface area contributed by atoms with E-state index in [-0.39, 0.29) is 24.2 Å². The number of alkyl carbamates (subject to hydrolysis) is 1. The minimum absolute atomic E-state index is 0.129. The smallest absolute Gasteiger partial charge is 0.407 e. The molecule has 9 heteroatoms. The number of nitrogens with one attached hydrogen (secondary N) is 3. The molecule has 0 aromatic rings. The molecule has 3 atom stereocenters. The van der Waals surface area contributed by atoms with Crippen molar-refractivity contribution in [1.29, 1.82) is 0 Å². The Morgan fingerprint density at radius 2 is 1.96 bits per heavy atom. The summed E-state index contributed by atoms with van der Waals surface area (Å²) >= 11 is 3.80. The molecule has 136 valence electrons. The van der Waals surface area contributed by atoms with Gasteiger partial charge in [0.25, 0.3) is 0 Å². The molecule has 0 aromatic carbocycles. The molecule has 1 saturated heterocycles. The molecular weight excluding hydrogens is 334 g/mol. The lowest BCUT2D eigenvalue weighted by Gasteiger charge is -2.23. The monoisotopic (exact) mass is 359 g/mol. The first-order chi connectivity index (χ1) is 11.2. The third kappa shape index (κ3) is 6.38. The van der Waals surface area contributed by atoms with E-state index in [1.165, 1.54) is 7.11 Å². The van der Waals surface area contributed by atoms with Crippen molar-refractivity contribution in [3.63, 3.8) is 0 Å². The molecule has 0 unspecified atom stereocenters. The van der Waals surface area contributed by atoms with Crippen LogP contribution in [0.3, 0.4) is 0 Å². The van der Waals surface area contributed by atoms with E-state index in [2.05, 4.69) is 33.3 Å². The van der Waals surface area contributed by atoms with Crippen LogP contribution in [-0.2, 0) is 19.1 Å². The fourth-order valence-electron chi connectivity index (χ4n) is 2.55. The van der Waals surface area contributed by atoms with Crippen molar-refractivity contribution >= 4 is 35.7 Å². The number of methoxy groups -OCH3 is 1. The molecule has 0 aliphatic carbocycles. The zero-order valence-electron chi connectivity index (χ0n) is 14.1. The van der Waals surface area contributed by atoms with Crippen molar-refractivity contribution in [3.8, 4) is 0 Å². The molecule has 0 spiro atoms. The van der Waals surface area contributed by atoms with Crippen LogP contribution in [0.4, 0.5) is 4.79 Å². The molecule has 3 N–H and O–H groups in total. The molecule has 1 fully saturated rings. The first kappa shape index (κ1) is 20.3. The highest BCUT2D eigenvalue weighted by Gasteiger charge is 2.32. The van der Waals surface area contributed by atoms with Gasteiger partial charge in [-0.2, -0.15) is 0 Å². The summed E-state index contributed by atoms with van der Waals surface area (Å²) in [6, 6.07) is -1.71. The molecule has 0 saturated carbocycles. The molecule has 3 amide bonds. The summed E-state index contributed by atoms with van der Waals surface area (Å²) in [6.07, 6.45) is 0.465. The summed E-state index contributed by atoms with van der Waals surface area (Å²) in [5.41, 5.74) is 0. The van der Waals surface area contributed by atoms with Crippen LogP contribution in [0.5, 0.6) is 0 Å². The average molecular weight is 359 g/mol. The summed E-state index contributed by atoms with van der Waals surface area (Å²) in [6.45, 7) is 4.37. The molecule has 1 aliphatic rings. The molecule has 8 nitrogen and oxygen atoms in total. The van der Waals surface area contributed by atoms with E-state index < -0.39 is 29.2 Å².